The summed E-state index contributed by atoms with van der Waals surface area (Å²) in [5, 5.41) is 0. The van der Waals surface area contributed by atoms with Crippen LogP contribution in [0.5, 0.6) is 0 Å². The molecule has 1 aliphatic heterocycles. The van der Waals surface area contributed by atoms with Crippen molar-refractivity contribution in [3.05, 3.63) is 48.5 Å². The van der Waals surface area contributed by atoms with E-state index < -0.39 is 0 Å². The molecule has 0 spiro atoms. The minimum absolute atomic E-state index is 1.09. The van der Waals surface area contributed by atoms with Crippen molar-refractivity contribution in [3.63, 3.8) is 0 Å². The standard InChI is InChI=1S/C16H18N2/c1-17-10-11-18(2)16-12-14(8-9-15(16)17)13-6-4-3-5-7-13/h3-9,12H,10-11H2,1-2H3. The Bertz CT molecular complexity index is 548. The number of hydrogen-bond donors (Lipinski definition) is 0. The summed E-state index contributed by atoms with van der Waals surface area (Å²) in [6.07, 6.45) is 0. The Kier molecular flexibility index (Phi) is 2.71. The van der Waals surface area contributed by atoms with Gasteiger partial charge in [-0.1, -0.05) is 36.4 Å². The molecule has 0 N–H and O–H groups in total. The molecule has 0 fully saturated rings. The van der Waals surface area contributed by atoms with Crippen LogP contribution in [0, 0.1) is 0 Å². The van der Waals surface area contributed by atoms with Crippen LogP contribution in [0.25, 0.3) is 11.1 Å². The molecule has 0 unspecified atom stereocenters. The van der Waals surface area contributed by atoms with E-state index in [2.05, 4.69) is 72.4 Å². The number of nitrogens with zero attached hydrogens (tertiary/aromatic N) is 2. The van der Waals surface area contributed by atoms with E-state index in [0.29, 0.717) is 0 Å². The average molecular weight is 238 g/mol. The van der Waals surface area contributed by atoms with Gasteiger partial charge in [0.15, 0.2) is 0 Å². The lowest BCUT2D eigenvalue weighted by atomic mass is 10.0. The van der Waals surface area contributed by atoms with Crippen LogP contribution in [0.1, 0.15) is 0 Å². The van der Waals surface area contributed by atoms with E-state index in [4.69, 9.17) is 0 Å². The van der Waals surface area contributed by atoms with Crippen LogP contribution in [-0.2, 0) is 0 Å². The molecule has 0 atom stereocenters. The summed E-state index contributed by atoms with van der Waals surface area (Å²) in [5.41, 5.74) is 5.21. The van der Waals surface area contributed by atoms with E-state index >= 15 is 0 Å². The van der Waals surface area contributed by atoms with Gasteiger partial charge in [0, 0.05) is 27.2 Å². The molecule has 92 valence electrons. The summed E-state index contributed by atoms with van der Waals surface area (Å²) in [5.74, 6) is 0. The second-order valence-electron chi connectivity index (χ2n) is 4.91. The molecule has 0 aliphatic carbocycles. The Morgan fingerprint density at radius 3 is 2.11 bits per heavy atom. The summed E-state index contributed by atoms with van der Waals surface area (Å²) < 4.78 is 0. The molecule has 2 aromatic rings. The third kappa shape index (κ3) is 1.84. The van der Waals surface area contributed by atoms with Gasteiger partial charge >= 0.3 is 0 Å². The highest BCUT2D eigenvalue weighted by Crippen LogP contribution is 2.35. The summed E-state index contributed by atoms with van der Waals surface area (Å²) >= 11 is 0. The summed E-state index contributed by atoms with van der Waals surface area (Å²) in [6.45, 7) is 2.18. The van der Waals surface area contributed by atoms with Gasteiger partial charge in [-0.2, -0.15) is 0 Å². The highest BCUT2D eigenvalue weighted by Gasteiger charge is 2.17. The Hall–Kier alpha value is -1.96. The fraction of sp³-hybridized carbons (Fsp3) is 0.250. The van der Waals surface area contributed by atoms with Crippen molar-refractivity contribution in [3.8, 4) is 11.1 Å². The summed E-state index contributed by atoms with van der Waals surface area (Å²) in [4.78, 5) is 4.66. The molecule has 0 saturated heterocycles. The Labute approximate surface area is 108 Å². The number of benzene rings is 2. The lowest BCUT2D eigenvalue weighted by molar-refractivity contribution is 0.798. The molecule has 1 aliphatic rings. The van der Waals surface area contributed by atoms with E-state index in [0.717, 1.165) is 13.1 Å². The van der Waals surface area contributed by atoms with Crippen LogP contribution >= 0.6 is 0 Å². The second kappa shape index (κ2) is 4.37. The van der Waals surface area contributed by atoms with Gasteiger partial charge < -0.3 is 9.80 Å². The maximum Gasteiger partial charge on any atom is 0.0608 e. The van der Waals surface area contributed by atoms with Crippen molar-refractivity contribution in [2.75, 3.05) is 37.0 Å². The fourth-order valence-electron chi connectivity index (χ4n) is 2.50. The second-order valence-corrected chi connectivity index (χ2v) is 4.91. The Balaban J connectivity index is 2.08. The molecule has 0 amide bonds. The van der Waals surface area contributed by atoms with Gasteiger partial charge in [0.1, 0.15) is 0 Å². The molecule has 2 aromatic carbocycles. The van der Waals surface area contributed by atoms with Crippen LogP contribution in [0.4, 0.5) is 11.4 Å². The lowest BCUT2D eigenvalue weighted by Gasteiger charge is -2.35. The molecule has 3 rings (SSSR count). The van der Waals surface area contributed by atoms with E-state index in [1.54, 1.807) is 0 Å². The molecular weight excluding hydrogens is 220 g/mol. The van der Waals surface area contributed by atoms with Crippen molar-refractivity contribution in [1.82, 2.24) is 0 Å². The predicted molar refractivity (Wildman–Crippen MR) is 78.4 cm³/mol. The van der Waals surface area contributed by atoms with Crippen molar-refractivity contribution in [2.45, 2.75) is 0 Å². The number of anilines is 2. The van der Waals surface area contributed by atoms with E-state index in [1.807, 2.05) is 0 Å². The first-order valence-corrected chi connectivity index (χ1v) is 6.37. The molecule has 0 saturated carbocycles. The van der Waals surface area contributed by atoms with Gasteiger partial charge in [-0.15, -0.1) is 0 Å². The first kappa shape index (κ1) is 11.1. The molecule has 1 heterocycles. The van der Waals surface area contributed by atoms with Gasteiger partial charge in [0.2, 0.25) is 0 Å². The number of hydrogen-bond acceptors (Lipinski definition) is 2. The monoisotopic (exact) mass is 238 g/mol. The van der Waals surface area contributed by atoms with E-state index in [9.17, 15) is 0 Å². The van der Waals surface area contributed by atoms with Gasteiger partial charge in [-0.25, -0.2) is 0 Å². The molecule has 0 bridgehead atoms. The quantitative estimate of drug-likeness (QED) is 0.752. The van der Waals surface area contributed by atoms with Crippen LogP contribution in [0.3, 0.4) is 0 Å². The zero-order valence-corrected chi connectivity index (χ0v) is 10.9. The topological polar surface area (TPSA) is 6.48 Å². The van der Waals surface area contributed by atoms with Gasteiger partial charge in [0.05, 0.1) is 11.4 Å². The molecular formula is C16H18N2. The molecule has 2 nitrogen and oxygen atoms in total. The molecule has 0 aromatic heterocycles. The summed E-state index contributed by atoms with van der Waals surface area (Å²) in [6, 6.07) is 17.3. The van der Waals surface area contributed by atoms with Crippen molar-refractivity contribution < 1.29 is 0 Å². The maximum absolute atomic E-state index is 2.34. The van der Waals surface area contributed by atoms with Crippen molar-refractivity contribution >= 4 is 11.4 Å². The zero-order valence-electron chi connectivity index (χ0n) is 10.9. The van der Waals surface area contributed by atoms with Crippen LogP contribution in [0.2, 0.25) is 0 Å². The van der Waals surface area contributed by atoms with Gasteiger partial charge in [-0.3, -0.25) is 0 Å². The normalized spacial score (nSPS) is 14.6. The van der Waals surface area contributed by atoms with E-state index in [-0.39, 0.29) is 0 Å². The maximum atomic E-state index is 2.34. The van der Waals surface area contributed by atoms with Crippen LogP contribution in [-0.4, -0.2) is 27.2 Å². The first-order chi connectivity index (χ1) is 8.75. The smallest absolute Gasteiger partial charge is 0.0608 e. The van der Waals surface area contributed by atoms with Crippen molar-refractivity contribution in [2.24, 2.45) is 0 Å². The SMILES string of the molecule is CN1CCN(C)c2cc(-c3ccccc3)ccc21. The molecule has 0 radical (unpaired) electrons. The zero-order chi connectivity index (χ0) is 12.5. The third-order valence-corrected chi connectivity index (χ3v) is 3.68. The van der Waals surface area contributed by atoms with Gasteiger partial charge in [0.25, 0.3) is 0 Å². The highest BCUT2D eigenvalue weighted by molar-refractivity contribution is 5.79. The number of fused-ring (bicyclic) bond motifs is 1. The Morgan fingerprint density at radius 1 is 0.722 bits per heavy atom. The lowest BCUT2D eigenvalue weighted by Crippen LogP contribution is -2.36. The first-order valence-electron chi connectivity index (χ1n) is 6.37. The predicted octanol–water partition coefficient (Wildman–Crippen LogP) is 3.24. The number of rotatable bonds is 1. The van der Waals surface area contributed by atoms with Crippen LogP contribution < -0.4 is 9.80 Å². The fourth-order valence-corrected chi connectivity index (χ4v) is 2.50. The summed E-state index contributed by atoms with van der Waals surface area (Å²) in [7, 11) is 4.33. The largest absolute Gasteiger partial charge is 0.371 e. The average Bonchev–Trinajstić information content (AvgIpc) is 2.44. The third-order valence-electron chi connectivity index (χ3n) is 3.68. The number of likely N-dealkylation sites (N-methyl/N-ethyl adjacent to an activating group) is 2. The molecule has 18 heavy (non-hydrogen) atoms. The highest BCUT2D eigenvalue weighted by atomic mass is 15.2. The van der Waals surface area contributed by atoms with E-state index in [1.165, 1.54) is 22.5 Å². The molecule has 2 heteroatoms. The minimum Gasteiger partial charge on any atom is -0.371 e. The minimum atomic E-state index is 1.09. The Morgan fingerprint density at radius 2 is 1.39 bits per heavy atom. The van der Waals surface area contributed by atoms with Crippen LogP contribution in [0.15, 0.2) is 48.5 Å². The van der Waals surface area contributed by atoms with Crippen molar-refractivity contribution in [1.29, 1.82) is 0 Å². The van der Waals surface area contributed by atoms with Gasteiger partial charge in [-0.05, 0) is 23.3 Å².